The number of H-pyrrole nitrogens is 1. The molecule has 5 heterocycles. The number of aromatic amines is 1. The summed E-state index contributed by atoms with van der Waals surface area (Å²) in [6.45, 7) is 0.587. The number of halogens is 3. The lowest BCUT2D eigenvalue weighted by atomic mass is 9.81. The molecule has 0 bridgehead atoms. The van der Waals surface area contributed by atoms with Crippen LogP contribution in [0.4, 0.5) is 14.8 Å². The van der Waals surface area contributed by atoms with E-state index in [1.807, 2.05) is 23.2 Å². The summed E-state index contributed by atoms with van der Waals surface area (Å²) in [6, 6.07) is 5.45. The fraction of sp³-hybridized carbons (Fsp3) is 0.368. The Morgan fingerprint density at radius 3 is 2.93 bits per heavy atom. The Bertz CT molecular complexity index is 1240. The highest BCUT2D eigenvalue weighted by molar-refractivity contribution is 6.33. The number of fused-ring (bicyclic) bond motifs is 2. The second-order valence-electron chi connectivity index (χ2n) is 7.75. The van der Waals surface area contributed by atoms with Crippen molar-refractivity contribution in [1.82, 2.24) is 29.8 Å². The van der Waals surface area contributed by atoms with E-state index >= 15 is 0 Å². The van der Waals surface area contributed by atoms with Crippen LogP contribution in [0.2, 0.25) is 5.02 Å². The summed E-state index contributed by atoms with van der Waals surface area (Å²) >= 11 is 6.33. The number of alkyl halides is 2. The first kappa shape index (κ1) is 17.8. The van der Waals surface area contributed by atoms with E-state index in [1.165, 1.54) is 0 Å². The lowest BCUT2D eigenvalue weighted by Crippen LogP contribution is -2.37. The molecular weight excluding hydrogens is 416 g/mol. The van der Waals surface area contributed by atoms with Gasteiger partial charge >= 0.3 is 6.01 Å². The summed E-state index contributed by atoms with van der Waals surface area (Å²) < 4.78 is 34.0. The maximum absolute atomic E-state index is 13.2. The van der Waals surface area contributed by atoms with Gasteiger partial charge in [-0.15, -0.1) is 5.10 Å². The zero-order chi connectivity index (χ0) is 20.5. The van der Waals surface area contributed by atoms with Gasteiger partial charge < -0.3 is 14.3 Å². The van der Waals surface area contributed by atoms with Crippen LogP contribution in [0.15, 0.2) is 35.1 Å². The molecule has 0 saturated heterocycles. The number of anilines is 1. The minimum atomic E-state index is -2.65. The van der Waals surface area contributed by atoms with Crippen molar-refractivity contribution in [1.29, 1.82) is 0 Å². The molecule has 1 fully saturated rings. The molecule has 1 aliphatic heterocycles. The lowest BCUT2D eigenvalue weighted by molar-refractivity contribution is -0.0917. The molecule has 6 rings (SSSR count). The van der Waals surface area contributed by atoms with E-state index in [-0.39, 0.29) is 30.8 Å². The topological polar surface area (TPSA) is 88.1 Å². The van der Waals surface area contributed by atoms with Crippen LogP contribution in [0.1, 0.15) is 47.8 Å². The predicted molar refractivity (Wildman–Crippen MR) is 103 cm³/mol. The molecule has 1 aliphatic carbocycles. The van der Waals surface area contributed by atoms with Crippen molar-refractivity contribution in [2.45, 2.75) is 37.1 Å². The third kappa shape index (κ3) is 2.70. The van der Waals surface area contributed by atoms with Crippen LogP contribution < -0.4 is 4.90 Å². The van der Waals surface area contributed by atoms with Gasteiger partial charge in [-0.1, -0.05) is 16.7 Å². The zero-order valence-corrected chi connectivity index (χ0v) is 16.4. The van der Waals surface area contributed by atoms with Gasteiger partial charge in [-0.3, -0.25) is 0 Å². The molecule has 0 amide bonds. The van der Waals surface area contributed by atoms with Crippen LogP contribution >= 0.6 is 11.6 Å². The smallest absolute Gasteiger partial charge is 0.319 e. The molecule has 4 aromatic rings. The average Bonchev–Trinajstić information content (AvgIpc) is 3.43. The third-order valence-electron chi connectivity index (χ3n) is 5.79. The normalized spacial score (nSPS) is 21.0. The largest absolute Gasteiger partial charge is 0.408 e. The van der Waals surface area contributed by atoms with Gasteiger partial charge in [0.05, 0.1) is 28.3 Å². The number of hydrogen-bond donors (Lipinski definition) is 1. The van der Waals surface area contributed by atoms with Gasteiger partial charge in [0.1, 0.15) is 6.04 Å². The van der Waals surface area contributed by atoms with Crippen molar-refractivity contribution in [3.63, 3.8) is 0 Å². The second kappa shape index (κ2) is 6.24. The fourth-order valence-electron chi connectivity index (χ4n) is 4.26. The Morgan fingerprint density at radius 1 is 1.27 bits per heavy atom. The molecule has 154 valence electrons. The number of rotatable bonds is 3. The quantitative estimate of drug-likeness (QED) is 0.531. The van der Waals surface area contributed by atoms with Crippen molar-refractivity contribution in [3.8, 4) is 0 Å². The molecule has 1 atom stereocenters. The van der Waals surface area contributed by atoms with E-state index in [0.29, 0.717) is 18.0 Å². The minimum absolute atomic E-state index is 0.251. The maximum atomic E-state index is 13.2. The van der Waals surface area contributed by atoms with Crippen molar-refractivity contribution >= 4 is 23.1 Å². The first-order valence-electron chi connectivity index (χ1n) is 9.62. The molecule has 1 saturated carbocycles. The molecule has 1 N–H and O–H groups in total. The van der Waals surface area contributed by atoms with Gasteiger partial charge in [0.15, 0.2) is 0 Å². The molecule has 0 aromatic carbocycles. The van der Waals surface area contributed by atoms with Gasteiger partial charge in [0.25, 0.3) is 0 Å². The summed E-state index contributed by atoms with van der Waals surface area (Å²) in [4.78, 5) is 9.60. The minimum Gasteiger partial charge on any atom is -0.408 e. The summed E-state index contributed by atoms with van der Waals surface area (Å²) in [5.41, 5.74) is 3.33. The van der Waals surface area contributed by atoms with Crippen molar-refractivity contribution < 1.29 is 13.2 Å². The standard InChI is InChI=1S/C19H16ClF2N7O/c20-11-2-1-4-29-14(11)6-13(27-29)16-15-12(23-9-24-15)3-5-28(16)18-26-25-17(30-18)10-7-19(21,22)8-10/h1-2,4,6,9-10,16H,3,5,7-8H2,(H,23,24). The van der Waals surface area contributed by atoms with Gasteiger partial charge in [-0.2, -0.15) is 5.10 Å². The number of aromatic nitrogens is 6. The number of hydrogen-bond acceptors (Lipinski definition) is 6. The van der Waals surface area contributed by atoms with Crippen LogP contribution in [-0.4, -0.2) is 42.2 Å². The van der Waals surface area contributed by atoms with E-state index in [4.69, 9.17) is 16.0 Å². The molecule has 0 radical (unpaired) electrons. The lowest BCUT2D eigenvalue weighted by Gasteiger charge is -2.33. The predicted octanol–water partition coefficient (Wildman–Crippen LogP) is 3.76. The van der Waals surface area contributed by atoms with Crippen LogP contribution in [-0.2, 0) is 6.42 Å². The highest BCUT2D eigenvalue weighted by Crippen LogP contribution is 2.48. The number of nitrogens with one attached hydrogen (secondary N) is 1. The number of pyridine rings is 1. The Morgan fingerprint density at radius 2 is 2.13 bits per heavy atom. The van der Waals surface area contributed by atoms with Gasteiger partial charge in [0.2, 0.25) is 11.8 Å². The highest BCUT2D eigenvalue weighted by Gasteiger charge is 2.48. The van der Waals surface area contributed by atoms with E-state index in [0.717, 1.165) is 22.6 Å². The van der Waals surface area contributed by atoms with Gasteiger partial charge in [-0.25, -0.2) is 18.3 Å². The molecule has 11 heteroatoms. The van der Waals surface area contributed by atoms with Crippen molar-refractivity contribution in [2.24, 2.45) is 0 Å². The fourth-order valence-corrected chi connectivity index (χ4v) is 4.47. The maximum Gasteiger partial charge on any atom is 0.319 e. The Labute approximate surface area is 173 Å². The summed E-state index contributed by atoms with van der Waals surface area (Å²) in [7, 11) is 0. The summed E-state index contributed by atoms with van der Waals surface area (Å²) in [5.74, 6) is -2.80. The van der Waals surface area contributed by atoms with Gasteiger partial charge in [-0.05, 0) is 18.2 Å². The molecule has 2 aliphatic rings. The average molecular weight is 432 g/mol. The van der Waals surface area contributed by atoms with Crippen molar-refractivity contribution in [3.05, 3.63) is 58.7 Å². The molecular formula is C19H16ClF2N7O. The molecule has 1 unspecified atom stereocenters. The second-order valence-corrected chi connectivity index (χ2v) is 8.16. The Balaban J connectivity index is 1.41. The van der Waals surface area contributed by atoms with Gasteiger partial charge in [0, 0.05) is 43.6 Å². The molecule has 30 heavy (non-hydrogen) atoms. The summed E-state index contributed by atoms with van der Waals surface area (Å²) in [5, 5.41) is 13.5. The molecule has 8 nitrogen and oxygen atoms in total. The third-order valence-corrected chi connectivity index (χ3v) is 6.11. The van der Waals surface area contributed by atoms with E-state index in [1.54, 1.807) is 16.9 Å². The monoisotopic (exact) mass is 431 g/mol. The first-order valence-corrected chi connectivity index (χ1v) is 10.0. The van der Waals surface area contributed by atoms with E-state index in [9.17, 15) is 8.78 Å². The van der Waals surface area contributed by atoms with Crippen LogP contribution in [0.5, 0.6) is 0 Å². The van der Waals surface area contributed by atoms with E-state index < -0.39 is 11.8 Å². The molecule has 4 aromatic heterocycles. The number of nitrogens with zero attached hydrogens (tertiary/aromatic N) is 6. The Hall–Kier alpha value is -3.01. The SMILES string of the molecule is FC1(F)CC(c2nnc(N3CCc4[nH]cnc4C3c3cc4c(Cl)cccn4n3)o2)C1. The van der Waals surface area contributed by atoms with Crippen LogP contribution in [0.3, 0.4) is 0 Å². The molecule has 0 spiro atoms. The Kier molecular flexibility index (Phi) is 3.71. The number of imidazole rings is 1. The van der Waals surface area contributed by atoms with Crippen LogP contribution in [0.25, 0.3) is 5.52 Å². The highest BCUT2D eigenvalue weighted by atomic mass is 35.5. The van der Waals surface area contributed by atoms with E-state index in [2.05, 4.69) is 25.3 Å². The summed E-state index contributed by atoms with van der Waals surface area (Å²) in [6.07, 6.45) is 3.67. The van der Waals surface area contributed by atoms with Crippen LogP contribution in [0, 0.1) is 0 Å². The first-order chi connectivity index (χ1) is 14.5. The zero-order valence-electron chi connectivity index (χ0n) is 15.6. The van der Waals surface area contributed by atoms with Crippen molar-refractivity contribution in [2.75, 3.05) is 11.4 Å².